The van der Waals surface area contributed by atoms with Gasteiger partial charge < -0.3 is 5.11 Å². The van der Waals surface area contributed by atoms with Crippen LogP contribution in [0.4, 0.5) is 0 Å². The van der Waals surface area contributed by atoms with E-state index in [0.29, 0.717) is 11.2 Å². The first-order chi connectivity index (χ1) is 6.03. The third-order valence-corrected chi connectivity index (χ3v) is 1.91. The predicted octanol–water partition coefficient (Wildman–Crippen LogP) is 1.21. The van der Waals surface area contributed by atoms with Crippen molar-refractivity contribution >= 4 is 0 Å². The number of hydrogen-bond donors (Lipinski definition) is 1. The summed E-state index contributed by atoms with van der Waals surface area (Å²) >= 11 is 0. The molecule has 1 aromatic rings. The van der Waals surface area contributed by atoms with E-state index in [-0.39, 0.29) is 6.61 Å². The molecule has 1 N–H and O–H groups in total. The molecule has 0 spiro atoms. The molecule has 0 aliphatic heterocycles. The van der Waals surface area contributed by atoms with Gasteiger partial charge in [0, 0.05) is 6.54 Å². The Morgan fingerprint density at radius 2 is 2.15 bits per heavy atom. The van der Waals surface area contributed by atoms with E-state index >= 15 is 0 Å². The van der Waals surface area contributed by atoms with Crippen LogP contribution >= 0.6 is 0 Å². The summed E-state index contributed by atoms with van der Waals surface area (Å²) in [4.78, 5) is 3.94. The van der Waals surface area contributed by atoms with Gasteiger partial charge in [0.1, 0.15) is 12.9 Å². The molecule has 1 heterocycles. The first kappa shape index (κ1) is 10.2. The third-order valence-electron chi connectivity index (χ3n) is 1.91. The van der Waals surface area contributed by atoms with Crippen LogP contribution in [-0.2, 0) is 13.2 Å². The van der Waals surface area contributed by atoms with Gasteiger partial charge in [0.05, 0.1) is 0 Å². The summed E-state index contributed by atoms with van der Waals surface area (Å²) < 4.78 is 1.76. The van der Waals surface area contributed by atoms with Crippen molar-refractivity contribution in [3.05, 3.63) is 12.2 Å². The maximum atomic E-state index is 8.91. The molecule has 0 unspecified atom stereocenters. The lowest BCUT2D eigenvalue weighted by molar-refractivity contribution is 0.256. The lowest BCUT2D eigenvalue weighted by Crippen LogP contribution is -2.13. The quantitative estimate of drug-likeness (QED) is 0.766. The third kappa shape index (κ3) is 3.14. The average molecular weight is 183 g/mol. The Hall–Kier alpha value is -0.900. The maximum Gasteiger partial charge on any atom is 0.152 e. The van der Waals surface area contributed by atoms with Gasteiger partial charge in [-0.15, -0.1) is 0 Å². The van der Waals surface area contributed by atoms with Crippen LogP contribution in [0.2, 0.25) is 0 Å². The van der Waals surface area contributed by atoms with Crippen molar-refractivity contribution in [3.63, 3.8) is 0 Å². The highest BCUT2D eigenvalue weighted by molar-refractivity contribution is 4.81. The van der Waals surface area contributed by atoms with E-state index in [1.807, 2.05) is 0 Å². The lowest BCUT2D eigenvalue weighted by atomic mass is 9.92. The van der Waals surface area contributed by atoms with Gasteiger partial charge in [0.2, 0.25) is 0 Å². The zero-order chi connectivity index (χ0) is 9.90. The van der Waals surface area contributed by atoms with E-state index in [9.17, 15) is 0 Å². The van der Waals surface area contributed by atoms with Crippen LogP contribution in [0.25, 0.3) is 0 Å². The minimum atomic E-state index is -0.0376. The second-order valence-electron chi connectivity index (χ2n) is 4.37. The summed E-state index contributed by atoms with van der Waals surface area (Å²) in [6.07, 6.45) is 2.51. The highest BCUT2D eigenvalue weighted by Gasteiger charge is 2.11. The van der Waals surface area contributed by atoms with Crippen molar-refractivity contribution in [2.45, 2.75) is 40.3 Å². The minimum absolute atomic E-state index is 0.0376. The van der Waals surface area contributed by atoms with E-state index in [4.69, 9.17) is 5.11 Å². The molecule has 1 rings (SSSR count). The largest absolute Gasteiger partial charge is 0.388 e. The Kier molecular flexibility index (Phi) is 3.03. The Morgan fingerprint density at radius 3 is 2.69 bits per heavy atom. The molecule has 0 aliphatic rings. The van der Waals surface area contributed by atoms with Crippen LogP contribution in [0.5, 0.6) is 0 Å². The fourth-order valence-corrected chi connectivity index (χ4v) is 1.04. The predicted molar refractivity (Wildman–Crippen MR) is 50.0 cm³/mol. The summed E-state index contributed by atoms with van der Waals surface area (Å²) in [6, 6.07) is 0. The number of rotatable bonds is 3. The van der Waals surface area contributed by atoms with Crippen molar-refractivity contribution < 1.29 is 5.11 Å². The Balaban J connectivity index is 2.54. The van der Waals surface area contributed by atoms with Gasteiger partial charge in [-0.05, 0) is 11.8 Å². The molecule has 1 aromatic heterocycles. The van der Waals surface area contributed by atoms with Crippen LogP contribution in [0, 0.1) is 5.41 Å². The van der Waals surface area contributed by atoms with Crippen molar-refractivity contribution in [3.8, 4) is 0 Å². The van der Waals surface area contributed by atoms with E-state index in [0.717, 1.165) is 13.0 Å². The minimum Gasteiger partial charge on any atom is -0.388 e. The van der Waals surface area contributed by atoms with Gasteiger partial charge in [-0.2, -0.15) is 5.10 Å². The molecular formula is C9H17N3O. The molecule has 0 atom stereocenters. The van der Waals surface area contributed by atoms with Gasteiger partial charge in [-0.25, -0.2) is 9.67 Å². The second-order valence-corrected chi connectivity index (χ2v) is 4.37. The van der Waals surface area contributed by atoms with E-state index < -0.39 is 0 Å². The summed E-state index contributed by atoms with van der Waals surface area (Å²) in [5, 5.41) is 12.9. The first-order valence-corrected chi connectivity index (χ1v) is 4.50. The molecular weight excluding hydrogens is 166 g/mol. The molecule has 0 saturated heterocycles. The van der Waals surface area contributed by atoms with Gasteiger partial charge >= 0.3 is 0 Å². The van der Waals surface area contributed by atoms with E-state index in [2.05, 4.69) is 30.9 Å². The molecule has 0 aromatic carbocycles. The highest BCUT2D eigenvalue weighted by Crippen LogP contribution is 2.19. The van der Waals surface area contributed by atoms with Crippen molar-refractivity contribution in [1.82, 2.24) is 14.8 Å². The molecule has 0 radical (unpaired) electrons. The highest BCUT2D eigenvalue weighted by atomic mass is 16.3. The van der Waals surface area contributed by atoms with Gasteiger partial charge in [-0.1, -0.05) is 20.8 Å². The Morgan fingerprint density at radius 1 is 1.46 bits per heavy atom. The molecule has 0 bridgehead atoms. The zero-order valence-corrected chi connectivity index (χ0v) is 8.49. The number of hydrogen-bond acceptors (Lipinski definition) is 3. The molecule has 0 saturated carbocycles. The van der Waals surface area contributed by atoms with Gasteiger partial charge in [0.25, 0.3) is 0 Å². The second kappa shape index (κ2) is 3.87. The molecule has 0 fully saturated rings. The Labute approximate surface area is 78.6 Å². The van der Waals surface area contributed by atoms with Crippen molar-refractivity contribution in [2.24, 2.45) is 5.41 Å². The van der Waals surface area contributed by atoms with Crippen molar-refractivity contribution in [1.29, 1.82) is 0 Å². The topological polar surface area (TPSA) is 50.9 Å². The average Bonchev–Trinajstić information content (AvgIpc) is 2.46. The van der Waals surface area contributed by atoms with Gasteiger partial charge in [-0.3, -0.25) is 0 Å². The number of aromatic nitrogens is 3. The fraction of sp³-hybridized carbons (Fsp3) is 0.778. The smallest absolute Gasteiger partial charge is 0.152 e. The van der Waals surface area contributed by atoms with Crippen LogP contribution in [0.3, 0.4) is 0 Å². The SMILES string of the molecule is CC(C)(C)CCn1ncnc1CO. The van der Waals surface area contributed by atoms with Gasteiger partial charge in [0.15, 0.2) is 5.82 Å². The molecule has 0 amide bonds. The van der Waals surface area contributed by atoms with Crippen LogP contribution in [0.1, 0.15) is 33.0 Å². The maximum absolute atomic E-state index is 8.91. The van der Waals surface area contributed by atoms with Crippen LogP contribution in [0.15, 0.2) is 6.33 Å². The zero-order valence-electron chi connectivity index (χ0n) is 8.49. The fourth-order valence-electron chi connectivity index (χ4n) is 1.04. The standard InChI is InChI=1S/C9H17N3O/c1-9(2,3)4-5-12-8(6-13)10-7-11-12/h7,13H,4-6H2,1-3H3. The lowest BCUT2D eigenvalue weighted by Gasteiger charge is -2.17. The molecule has 4 nitrogen and oxygen atoms in total. The van der Waals surface area contributed by atoms with Crippen LogP contribution < -0.4 is 0 Å². The van der Waals surface area contributed by atoms with Crippen LogP contribution in [-0.4, -0.2) is 19.9 Å². The molecule has 13 heavy (non-hydrogen) atoms. The van der Waals surface area contributed by atoms with Crippen molar-refractivity contribution in [2.75, 3.05) is 0 Å². The first-order valence-electron chi connectivity index (χ1n) is 4.50. The number of aliphatic hydroxyl groups is 1. The molecule has 0 aliphatic carbocycles. The van der Waals surface area contributed by atoms with E-state index in [1.54, 1.807) is 4.68 Å². The number of aryl methyl sites for hydroxylation is 1. The normalized spacial score (nSPS) is 12.0. The van der Waals surface area contributed by atoms with E-state index in [1.165, 1.54) is 6.33 Å². The summed E-state index contributed by atoms with van der Waals surface area (Å²) in [5.41, 5.74) is 0.290. The summed E-state index contributed by atoms with van der Waals surface area (Å²) in [7, 11) is 0. The number of aliphatic hydroxyl groups excluding tert-OH is 1. The summed E-state index contributed by atoms with van der Waals surface area (Å²) in [6.45, 7) is 7.33. The number of nitrogens with zero attached hydrogens (tertiary/aromatic N) is 3. The molecule has 74 valence electrons. The Bertz CT molecular complexity index is 262. The molecule has 4 heteroatoms. The monoisotopic (exact) mass is 183 g/mol. The summed E-state index contributed by atoms with van der Waals surface area (Å²) in [5.74, 6) is 0.643.